The van der Waals surface area contributed by atoms with E-state index in [4.69, 9.17) is 0 Å². The molecule has 9 N–H and O–H groups in total. The number of benzene rings is 4. The molecule has 0 atom stereocenters. The van der Waals surface area contributed by atoms with Crippen molar-refractivity contribution in [2.45, 2.75) is 26.2 Å². The van der Waals surface area contributed by atoms with Gasteiger partial charge in [-0.25, -0.2) is 40.6 Å². The fourth-order valence-electron chi connectivity index (χ4n) is 7.15. The van der Waals surface area contributed by atoms with Crippen molar-refractivity contribution in [3.63, 3.8) is 0 Å². The molecule has 4 aromatic carbocycles. The van der Waals surface area contributed by atoms with E-state index in [1.807, 2.05) is 5.48 Å². The maximum atomic E-state index is 15.1. The third-order valence-corrected chi connectivity index (χ3v) is 11.2. The molecule has 20 nitrogen and oxygen atoms in total. The summed E-state index contributed by atoms with van der Waals surface area (Å²) in [6.07, 6.45) is -0.690. The van der Waals surface area contributed by atoms with Crippen LogP contribution in [0.1, 0.15) is 66.3 Å². The molecule has 0 saturated heterocycles. The molecule has 0 fully saturated rings. The van der Waals surface area contributed by atoms with Gasteiger partial charge in [0, 0.05) is 50.2 Å². The molecule has 76 heavy (non-hydrogen) atoms. The van der Waals surface area contributed by atoms with Crippen LogP contribution in [0.4, 0.5) is 35.1 Å². The molecule has 4 rings (SSSR count). The van der Waals surface area contributed by atoms with Gasteiger partial charge >= 0.3 is 21.7 Å². The average molecular weight is 1080 g/mol. The topological polar surface area (TPSA) is 288 Å². The SMILES string of the molecule is CONC(=O)CN(CCCNC(=O)CN(CCCNC(=O)c1ccc(B(O)O)c(F)c1F)C(=O)c1ccc(B(O)O)c(F)c1F)C(=O)CN(CCCNC(=O)c1ccc(BO)c(F)c1F)C(=O)c1ccc(C)c(F)c1F. The number of aryl methyl sites for hydroxylation is 1. The van der Waals surface area contributed by atoms with Crippen LogP contribution in [0.5, 0.6) is 0 Å². The number of hydroxylamine groups is 1. The zero-order valence-electron chi connectivity index (χ0n) is 40.3. The zero-order valence-corrected chi connectivity index (χ0v) is 40.3. The number of hydrogen-bond donors (Lipinski definition) is 9. The second kappa shape index (κ2) is 28.5. The first-order valence-corrected chi connectivity index (χ1v) is 22.7. The lowest BCUT2D eigenvalue weighted by Gasteiger charge is -2.28. The number of halogens is 8. The summed E-state index contributed by atoms with van der Waals surface area (Å²) in [5, 5.41) is 53.3. The standard InChI is InChI=1S/C45H48B3F8N7O13/c1-23-6-7-26(37(52)34(23)49)45(70)63(19-5-16-58-42(67)24-8-11-28(46-71)39(54)35(24)50)22-33(66)61(21-32(65)60-76-2)17-3-14-57-31(64)20-62(44(69)27-10-13-30(48(74)75)41(56)38(27)53)18-4-15-59-43(68)25-9-12-29(47(72)73)40(55)36(25)51/h6-13,46,71-75H,3-5,14-22H2,1-2H3,(H,57,64)(H,58,67)(H,59,68)(H,60,65). The lowest BCUT2D eigenvalue weighted by atomic mass is 9.79. The highest BCUT2D eigenvalue weighted by molar-refractivity contribution is 6.59. The van der Waals surface area contributed by atoms with Crippen LogP contribution in [-0.4, -0.2) is 169 Å². The predicted octanol–water partition coefficient (Wildman–Crippen LogP) is -2.33. The molecule has 0 aliphatic carbocycles. The van der Waals surface area contributed by atoms with Gasteiger partial charge in [0.25, 0.3) is 29.5 Å². The first-order chi connectivity index (χ1) is 35.9. The van der Waals surface area contributed by atoms with Gasteiger partial charge in [0.15, 0.2) is 46.5 Å². The molecule has 0 radical (unpaired) electrons. The zero-order chi connectivity index (χ0) is 56.6. The molecule has 0 bridgehead atoms. The normalized spacial score (nSPS) is 10.8. The Labute approximate surface area is 428 Å². The smallest absolute Gasteiger partial charge is 0.449 e. The molecule has 0 unspecified atom stereocenters. The molecule has 31 heteroatoms. The molecule has 7 amide bonds. The van der Waals surface area contributed by atoms with E-state index in [0.717, 1.165) is 53.3 Å². The number of rotatable bonds is 26. The van der Waals surface area contributed by atoms with E-state index >= 15 is 8.78 Å². The van der Waals surface area contributed by atoms with E-state index in [1.165, 1.54) is 6.92 Å². The number of nitrogens with zero attached hydrogens (tertiary/aromatic N) is 3. The summed E-state index contributed by atoms with van der Waals surface area (Å²) in [5.41, 5.74) is -3.75. The molecule has 0 saturated carbocycles. The van der Waals surface area contributed by atoms with E-state index in [9.17, 15) is 85.0 Å². The van der Waals surface area contributed by atoms with Crippen molar-refractivity contribution < 1.29 is 98.6 Å². The third kappa shape index (κ3) is 15.8. The Morgan fingerprint density at radius 3 is 1.42 bits per heavy atom. The Bertz CT molecular complexity index is 2830. The fourth-order valence-corrected chi connectivity index (χ4v) is 7.15. The van der Waals surface area contributed by atoms with Crippen molar-refractivity contribution in [3.8, 4) is 0 Å². The van der Waals surface area contributed by atoms with E-state index < -0.39 is 188 Å². The summed E-state index contributed by atoms with van der Waals surface area (Å²) in [6, 6.07) is 6.84. The van der Waals surface area contributed by atoms with Gasteiger partial charge in [-0.15, -0.1) is 0 Å². The monoisotopic (exact) mass is 1080 g/mol. The summed E-state index contributed by atoms with van der Waals surface area (Å²) < 4.78 is 117. The molecular formula is C45H48B3F8N7O13. The highest BCUT2D eigenvalue weighted by Crippen LogP contribution is 2.19. The molecule has 0 spiro atoms. The third-order valence-electron chi connectivity index (χ3n) is 11.2. The van der Waals surface area contributed by atoms with E-state index in [2.05, 4.69) is 20.8 Å². The Morgan fingerprint density at radius 1 is 0.513 bits per heavy atom. The van der Waals surface area contributed by atoms with Crippen LogP contribution in [0.3, 0.4) is 0 Å². The number of carbonyl (C=O) groups excluding carboxylic acids is 7. The van der Waals surface area contributed by atoms with Crippen LogP contribution in [0.25, 0.3) is 0 Å². The highest BCUT2D eigenvalue weighted by Gasteiger charge is 2.30. The van der Waals surface area contributed by atoms with Crippen LogP contribution in [0, 0.1) is 53.5 Å². The van der Waals surface area contributed by atoms with Crippen molar-refractivity contribution in [2.75, 3.05) is 66.0 Å². The Balaban J connectivity index is 1.47. The maximum absolute atomic E-state index is 15.1. The Morgan fingerprint density at radius 2 is 0.921 bits per heavy atom. The van der Waals surface area contributed by atoms with E-state index in [1.54, 1.807) is 0 Å². The van der Waals surface area contributed by atoms with Gasteiger partial charge in [0.05, 0.1) is 35.9 Å². The van der Waals surface area contributed by atoms with E-state index in [0.29, 0.717) is 17.0 Å². The van der Waals surface area contributed by atoms with Gasteiger partial charge in [-0.1, -0.05) is 24.3 Å². The predicted molar refractivity (Wildman–Crippen MR) is 254 cm³/mol. The first kappa shape index (κ1) is 61.1. The molecule has 4 aromatic rings. The van der Waals surface area contributed by atoms with Gasteiger partial charge in [-0.05, 0) is 61.5 Å². The lowest BCUT2D eigenvalue weighted by Crippen LogP contribution is -2.48. The highest BCUT2D eigenvalue weighted by atomic mass is 19.2. The van der Waals surface area contributed by atoms with Gasteiger partial charge in [0.1, 0.15) is 13.1 Å². The van der Waals surface area contributed by atoms with Crippen molar-refractivity contribution in [2.24, 2.45) is 0 Å². The van der Waals surface area contributed by atoms with Crippen molar-refractivity contribution in [1.82, 2.24) is 36.1 Å². The molecule has 406 valence electrons. The fraction of sp³-hybridized carbons (Fsp3) is 0.311. The van der Waals surface area contributed by atoms with Crippen molar-refractivity contribution in [3.05, 3.63) is 123 Å². The Kier molecular flexibility index (Phi) is 22.9. The van der Waals surface area contributed by atoms with Crippen molar-refractivity contribution >= 4 is 79.5 Å². The minimum Gasteiger partial charge on any atom is -0.449 e. The average Bonchev–Trinajstić information content (AvgIpc) is 3.37. The minimum atomic E-state index is -2.48. The lowest BCUT2D eigenvalue weighted by molar-refractivity contribution is -0.140. The largest absolute Gasteiger partial charge is 0.491 e. The second-order valence-corrected chi connectivity index (χ2v) is 16.4. The van der Waals surface area contributed by atoms with Crippen molar-refractivity contribution in [1.29, 1.82) is 0 Å². The number of nitrogens with one attached hydrogen (secondary N) is 4. The van der Waals surface area contributed by atoms with Crippen LogP contribution < -0.4 is 37.8 Å². The van der Waals surface area contributed by atoms with Crippen LogP contribution >= 0.6 is 0 Å². The summed E-state index contributed by atoms with van der Waals surface area (Å²) in [4.78, 5) is 99.4. The van der Waals surface area contributed by atoms with E-state index in [-0.39, 0.29) is 44.5 Å². The molecule has 0 aliphatic heterocycles. The molecule has 0 heterocycles. The van der Waals surface area contributed by atoms with Crippen LogP contribution in [0.15, 0.2) is 48.5 Å². The second-order valence-electron chi connectivity index (χ2n) is 16.4. The van der Waals surface area contributed by atoms with Gasteiger partial charge in [0.2, 0.25) is 11.8 Å². The van der Waals surface area contributed by atoms with Gasteiger partial charge in [-0.2, -0.15) is 0 Å². The first-order valence-electron chi connectivity index (χ1n) is 22.7. The number of amides is 7. The summed E-state index contributed by atoms with van der Waals surface area (Å²) in [5.74, 6) is -20.7. The quantitative estimate of drug-likeness (QED) is 0.0138. The Hall–Kier alpha value is -7.44. The van der Waals surface area contributed by atoms with Crippen LogP contribution in [-0.2, 0) is 19.2 Å². The minimum absolute atomic E-state index is 0.164. The van der Waals surface area contributed by atoms with Crippen LogP contribution in [0.2, 0.25) is 0 Å². The van der Waals surface area contributed by atoms with Gasteiger partial charge in [-0.3, -0.25) is 38.4 Å². The number of hydrogen-bond acceptors (Lipinski definition) is 13. The summed E-state index contributed by atoms with van der Waals surface area (Å²) >= 11 is 0. The molecule has 0 aromatic heterocycles. The number of carbonyl (C=O) groups is 7. The summed E-state index contributed by atoms with van der Waals surface area (Å²) in [7, 11) is -4.67. The maximum Gasteiger partial charge on any atom is 0.491 e. The summed E-state index contributed by atoms with van der Waals surface area (Å²) in [6.45, 7) is -3.83. The molecule has 0 aliphatic rings. The van der Waals surface area contributed by atoms with Gasteiger partial charge < -0.3 is 55.8 Å². The molecular weight excluding hydrogens is 1030 g/mol.